The summed E-state index contributed by atoms with van der Waals surface area (Å²) in [5, 5.41) is 0. The van der Waals surface area contributed by atoms with Crippen LogP contribution in [0.2, 0.25) is 0 Å². The topological polar surface area (TPSA) is 62.4 Å². The van der Waals surface area contributed by atoms with Crippen LogP contribution in [0.25, 0.3) is 0 Å². The molecule has 0 atom stereocenters. The van der Waals surface area contributed by atoms with E-state index < -0.39 is 0 Å². The van der Waals surface area contributed by atoms with Gasteiger partial charge in [0.2, 0.25) is 5.56 Å². The Balaban J connectivity index is 1.70. The average molecular weight is 288 g/mol. The second-order valence-electron chi connectivity index (χ2n) is 5.87. The third kappa shape index (κ3) is 2.93. The Morgan fingerprint density at radius 3 is 2.76 bits per heavy atom. The first-order valence-electron chi connectivity index (χ1n) is 7.39. The van der Waals surface area contributed by atoms with E-state index in [-0.39, 0.29) is 17.1 Å². The van der Waals surface area contributed by atoms with Crippen molar-refractivity contribution in [1.29, 1.82) is 0 Å². The van der Waals surface area contributed by atoms with E-state index in [1.54, 1.807) is 17.0 Å². The number of pyridine rings is 1. The monoisotopic (exact) mass is 288 g/mol. The minimum Gasteiger partial charge on any atom is -0.370 e. The predicted octanol–water partition coefficient (Wildman–Crippen LogP) is 1.72. The smallest absolute Gasteiger partial charge is 0.270 e. The van der Waals surface area contributed by atoms with Gasteiger partial charge in [0.15, 0.2) is 0 Å². The molecular weight excluding hydrogens is 268 g/mol. The summed E-state index contributed by atoms with van der Waals surface area (Å²) in [6.07, 6.45) is 4.85. The van der Waals surface area contributed by atoms with Gasteiger partial charge in [-0.1, -0.05) is 17.7 Å². The van der Waals surface area contributed by atoms with Crippen molar-refractivity contribution in [2.75, 3.05) is 19.7 Å². The molecule has 1 N–H and O–H groups in total. The molecule has 0 aromatic carbocycles. The first kappa shape index (κ1) is 14.1. The number of carbonyl (C=O) groups excluding carboxylic acids is 1. The Bertz CT molecular complexity index is 624. The van der Waals surface area contributed by atoms with Crippen molar-refractivity contribution in [3.63, 3.8) is 0 Å². The molecule has 3 rings (SSSR count). The number of nitrogens with one attached hydrogen (secondary N) is 1. The summed E-state index contributed by atoms with van der Waals surface area (Å²) in [7, 11) is 0. The molecule has 0 aliphatic carbocycles. The van der Waals surface area contributed by atoms with Crippen LogP contribution in [0.5, 0.6) is 0 Å². The number of aromatic nitrogens is 1. The maximum atomic E-state index is 12.4. The van der Waals surface area contributed by atoms with Gasteiger partial charge in [-0.15, -0.1) is 0 Å². The highest BCUT2D eigenvalue weighted by Crippen LogP contribution is 2.33. The number of H-pyrrole nitrogens is 1. The predicted molar refractivity (Wildman–Crippen MR) is 79.3 cm³/mol. The molecular formula is C16H20N2O3. The molecule has 1 spiro atoms. The largest absolute Gasteiger partial charge is 0.370 e. The molecule has 21 heavy (non-hydrogen) atoms. The lowest BCUT2D eigenvalue weighted by molar-refractivity contribution is -0.0522. The number of hydrogen-bond donors (Lipinski definition) is 1. The molecule has 1 aromatic rings. The summed E-state index contributed by atoms with van der Waals surface area (Å²) < 4.78 is 5.96. The van der Waals surface area contributed by atoms with Gasteiger partial charge >= 0.3 is 0 Å². The summed E-state index contributed by atoms with van der Waals surface area (Å²) in [5.74, 6) is -0.112. The van der Waals surface area contributed by atoms with Crippen LogP contribution in [0.1, 0.15) is 36.7 Å². The highest BCUT2D eigenvalue weighted by Gasteiger charge is 2.36. The fraction of sp³-hybridized carbons (Fsp3) is 0.500. The van der Waals surface area contributed by atoms with Gasteiger partial charge in [-0.3, -0.25) is 9.59 Å². The molecule has 0 bridgehead atoms. The van der Waals surface area contributed by atoms with Gasteiger partial charge in [-0.05, 0) is 32.3 Å². The minimum absolute atomic E-state index is 0.112. The number of likely N-dealkylation sites (tertiary alicyclic amines) is 1. The van der Waals surface area contributed by atoms with E-state index in [2.05, 4.69) is 18.0 Å². The molecule has 0 radical (unpaired) electrons. The van der Waals surface area contributed by atoms with E-state index in [1.165, 1.54) is 11.6 Å². The van der Waals surface area contributed by atoms with Crippen LogP contribution in [0.3, 0.4) is 0 Å². The van der Waals surface area contributed by atoms with Crippen molar-refractivity contribution < 1.29 is 9.53 Å². The summed E-state index contributed by atoms with van der Waals surface area (Å²) in [5.41, 5.74) is 1.29. The highest BCUT2D eigenvalue weighted by molar-refractivity contribution is 5.92. The molecule has 2 aliphatic heterocycles. The summed E-state index contributed by atoms with van der Waals surface area (Å²) >= 11 is 0. The summed E-state index contributed by atoms with van der Waals surface area (Å²) in [4.78, 5) is 28.1. The standard InChI is InChI=1S/C16H20N2O3/c1-12-5-10-21-16(11-12)6-8-18(9-7-16)15(20)13-3-2-4-14(19)17-13/h2-4,11H,5-10H2,1H3,(H,17,19). The molecule has 0 unspecified atom stereocenters. The van der Waals surface area contributed by atoms with Crippen molar-refractivity contribution in [3.8, 4) is 0 Å². The number of hydrogen-bond acceptors (Lipinski definition) is 3. The molecule has 1 saturated heterocycles. The van der Waals surface area contributed by atoms with Gasteiger partial charge in [0, 0.05) is 19.2 Å². The fourth-order valence-electron chi connectivity index (χ4n) is 3.10. The Morgan fingerprint density at radius 1 is 1.33 bits per heavy atom. The molecule has 1 amide bonds. The lowest BCUT2D eigenvalue weighted by atomic mass is 9.87. The van der Waals surface area contributed by atoms with E-state index >= 15 is 0 Å². The van der Waals surface area contributed by atoms with E-state index in [9.17, 15) is 9.59 Å². The zero-order valence-corrected chi connectivity index (χ0v) is 12.2. The number of nitrogens with zero attached hydrogens (tertiary/aromatic N) is 1. The number of aromatic amines is 1. The molecule has 3 heterocycles. The number of piperidine rings is 1. The maximum absolute atomic E-state index is 12.4. The average Bonchev–Trinajstić information content (AvgIpc) is 2.47. The van der Waals surface area contributed by atoms with Crippen molar-refractivity contribution in [1.82, 2.24) is 9.88 Å². The Morgan fingerprint density at radius 2 is 2.10 bits per heavy atom. The van der Waals surface area contributed by atoms with Crippen LogP contribution >= 0.6 is 0 Å². The third-order valence-corrected chi connectivity index (χ3v) is 4.29. The molecule has 5 nitrogen and oxygen atoms in total. The summed E-state index contributed by atoms with van der Waals surface area (Å²) in [6, 6.07) is 4.66. The highest BCUT2D eigenvalue weighted by atomic mass is 16.5. The number of amides is 1. The molecule has 112 valence electrons. The Kier molecular flexibility index (Phi) is 3.68. The SMILES string of the molecule is CC1=CC2(CCN(C(=O)c3cccc(=O)[nH]3)CC2)OCC1. The number of ether oxygens (including phenoxy) is 1. The van der Waals surface area contributed by atoms with Crippen molar-refractivity contribution in [3.05, 3.63) is 45.9 Å². The summed E-state index contributed by atoms with van der Waals surface area (Å²) in [6.45, 7) is 4.21. The first-order valence-corrected chi connectivity index (χ1v) is 7.39. The quantitative estimate of drug-likeness (QED) is 0.800. The van der Waals surface area contributed by atoms with Gasteiger partial charge in [0.1, 0.15) is 5.69 Å². The van der Waals surface area contributed by atoms with Crippen LogP contribution in [-0.4, -0.2) is 41.1 Å². The fourth-order valence-corrected chi connectivity index (χ4v) is 3.10. The lowest BCUT2D eigenvalue weighted by Gasteiger charge is -2.42. The normalized spacial score (nSPS) is 21.2. The van der Waals surface area contributed by atoms with Crippen LogP contribution in [0.15, 0.2) is 34.6 Å². The molecule has 0 saturated carbocycles. The Labute approximate surface area is 123 Å². The second-order valence-corrected chi connectivity index (χ2v) is 5.87. The molecule has 1 aromatic heterocycles. The minimum atomic E-state index is -0.247. The van der Waals surface area contributed by atoms with E-state index in [1.807, 2.05) is 0 Å². The molecule has 5 heteroatoms. The van der Waals surface area contributed by atoms with E-state index in [4.69, 9.17) is 4.74 Å². The van der Waals surface area contributed by atoms with Crippen LogP contribution in [-0.2, 0) is 4.74 Å². The van der Waals surface area contributed by atoms with Crippen LogP contribution < -0.4 is 5.56 Å². The van der Waals surface area contributed by atoms with Gasteiger partial charge in [0.25, 0.3) is 5.91 Å². The van der Waals surface area contributed by atoms with Crippen LogP contribution in [0.4, 0.5) is 0 Å². The first-order chi connectivity index (χ1) is 10.1. The number of rotatable bonds is 1. The maximum Gasteiger partial charge on any atom is 0.270 e. The van der Waals surface area contributed by atoms with E-state index in [0.717, 1.165) is 25.9 Å². The molecule has 2 aliphatic rings. The van der Waals surface area contributed by atoms with Gasteiger partial charge in [0.05, 0.1) is 12.2 Å². The van der Waals surface area contributed by atoms with Crippen molar-refractivity contribution >= 4 is 5.91 Å². The number of carbonyl (C=O) groups is 1. The second kappa shape index (κ2) is 5.48. The third-order valence-electron chi connectivity index (χ3n) is 4.29. The van der Waals surface area contributed by atoms with Crippen molar-refractivity contribution in [2.45, 2.75) is 31.8 Å². The zero-order valence-electron chi connectivity index (χ0n) is 12.2. The van der Waals surface area contributed by atoms with Crippen LogP contribution in [0, 0.1) is 0 Å². The Hall–Kier alpha value is -1.88. The van der Waals surface area contributed by atoms with E-state index in [0.29, 0.717) is 18.8 Å². The van der Waals surface area contributed by atoms with Gasteiger partial charge in [-0.2, -0.15) is 0 Å². The molecule has 1 fully saturated rings. The van der Waals surface area contributed by atoms with Gasteiger partial charge in [-0.25, -0.2) is 0 Å². The lowest BCUT2D eigenvalue weighted by Crippen LogP contribution is -2.48. The zero-order chi connectivity index (χ0) is 14.9. The van der Waals surface area contributed by atoms with Crippen molar-refractivity contribution in [2.24, 2.45) is 0 Å². The van der Waals surface area contributed by atoms with Gasteiger partial charge < -0.3 is 14.6 Å².